The number of amides is 2. The highest BCUT2D eigenvalue weighted by molar-refractivity contribution is 5.96. The third kappa shape index (κ3) is 5.76. The zero-order chi connectivity index (χ0) is 25.9. The number of halogens is 4. The van der Waals surface area contributed by atoms with Crippen molar-refractivity contribution in [3.8, 4) is 5.75 Å². The molecule has 0 aromatic heterocycles. The number of carboxylic acid groups (broad SMARTS) is 1. The van der Waals surface area contributed by atoms with Gasteiger partial charge < -0.3 is 20.1 Å². The third-order valence-corrected chi connectivity index (χ3v) is 5.42. The fourth-order valence-electron chi connectivity index (χ4n) is 3.70. The number of benzene rings is 2. The van der Waals surface area contributed by atoms with Crippen LogP contribution in [0.3, 0.4) is 0 Å². The first kappa shape index (κ1) is 25.7. The van der Waals surface area contributed by atoms with Crippen LogP contribution >= 0.6 is 0 Å². The molecule has 0 bridgehead atoms. The van der Waals surface area contributed by atoms with Gasteiger partial charge in [-0.3, -0.25) is 19.2 Å². The summed E-state index contributed by atoms with van der Waals surface area (Å²) in [5.41, 5.74) is 1.32. The average Bonchev–Trinajstić information content (AvgIpc) is 2.81. The van der Waals surface area contributed by atoms with E-state index in [9.17, 15) is 36.7 Å². The minimum absolute atomic E-state index is 0.0261. The molecule has 12 heteroatoms. The fourth-order valence-corrected chi connectivity index (χ4v) is 3.70. The van der Waals surface area contributed by atoms with E-state index in [-0.39, 0.29) is 24.9 Å². The summed E-state index contributed by atoms with van der Waals surface area (Å²) in [5, 5.41) is 11.4. The number of anilines is 1. The van der Waals surface area contributed by atoms with Crippen molar-refractivity contribution in [1.82, 2.24) is 5.32 Å². The summed E-state index contributed by atoms with van der Waals surface area (Å²) in [5.74, 6) is -13.2. The minimum Gasteiger partial charge on any atom is -0.481 e. The molecule has 2 amide bonds. The first-order valence-electron chi connectivity index (χ1n) is 10.4. The third-order valence-electron chi connectivity index (χ3n) is 5.42. The lowest BCUT2D eigenvalue weighted by molar-refractivity contribution is -0.140. The van der Waals surface area contributed by atoms with Crippen LogP contribution < -0.4 is 15.0 Å². The van der Waals surface area contributed by atoms with Gasteiger partial charge in [0.2, 0.25) is 23.4 Å². The molecule has 0 fully saturated rings. The number of rotatable bonds is 8. The quantitative estimate of drug-likeness (QED) is 0.429. The number of para-hydroxylation sites is 1. The number of carbonyl (C=O) groups is 4. The number of Topliss-reactive ketones (excluding diaryl/α,β-unsaturated/α-hetero) is 1. The molecule has 186 valence electrons. The number of ketones is 1. The van der Waals surface area contributed by atoms with Gasteiger partial charge in [-0.25, -0.2) is 8.78 Å². The van der Waals surface area contributed by atoms with Gasteiger partial charge in [0.1, 0.15) is 12.6 Å². The van der Waals surface area contributed by atoms with Crippen LogP contribution in [0.25, 0.3) is 0 Å². The normalized spacial score (nSPS) is 15.7. The van der Waals surface area contributed by atoms with Crippen LogP contribution in [0.15, 0.2) is 30.3 Å². The van der Waals surface area contributed by atoms with Crippen molar-refractivity contribution in [3.63, 3.8) is 0 Å². The highest BCUT2D eigenvalue weighted by Gasteiger charge is 2.34. The number of fused-ring (bicyclic) bond motifs is 1. The summed E-state index contributed by atoms with van der Waals surface area (Å²) in [6.45, 7) is 0.113. The van der Waals surface area contributed by atoms with Crippen LogP contribution in [0.5, 0.6) is 5.75 Å². The van der Waals surface area contributed by atoms with Gasteiger partial charge in [-0.05, 0) is 18.1 Å². The van der Waals surface area contributed by atoms with Gasteiger partial charge in [0.25, 0.3) is 0 Å². The molecule has 2 N–H and O–H groups in total. The Morgan fingerprint density at radius 3 is 2.34 bits per heavy atom. The molecule has 2 unspecified atom stereocenters. The first-order chi connectivity index (χ1) is 16.5. The highest BCUT2D eigenvalue weighted by atomic mass is 19.2. The van der Waals surface area contributed by atoms with Crippen molar-refractivity contribution in [2.45, 2.75) is 25.8 Å². The van der Waals surface area contributed by atoms with E-state index in [1.807, 2.05) is 0 Å². The topological polar surface area (TPSA) is 113 Å². The summed E-state index contributed by atoms with van der Waals surface area (Å²) in [6.07, 6.45) is -0.689. The fraction of sp³-hybridized carbons (Fsp3) is 0.304. The predicted octanol–water partition coefficient (Wildman–Crippen LogP) is 2.38. The van der Waals surface area contributed by atoms with Gasteiger partial charge in [0, 0.05) is 25.2 Å². The van der Waals surface area contributed by atoms with Gasteiger partial charge in [0.05, 0.1) is 12.3 Å². The molecular weight excluding hydrogens is 476 g/mol. The van der Waals surface area contributed by atoms with E-state index in [0.29, 0.717) is 11.3 Å². The molecule has 2 aromatic carbocycles. The number of carboxylic acids is 1. The van der Waals surface area contributed by atoms with Crippen molar-refractivity contribution in [1.29, 1.82) is 0 Å². The molecule has 8 nitrogen and oxygen atoms in total. The van der Waals surface area contributed by atoms with Crippen molar-refractivity contribution in [2.24, 2.45) is 5.92 Å². The number of ether oxygens (including phenoxy) is 1. The van der Waals surface area contributed by atoms with Crippen LogP contribution in [0, 0.1) is 29.2 Å². The molecule has 35 heavy (non-hydrogen) atoms. The van der Waals surface area contributed by atoms with Gasteiger partial charge in [-0.1, -0.05) is 18.2 Å². The number of hydrogen-bond acceptors (Lipinski definition) is 5. The lowest BCUT2D eigenvalue weighted by atomic mass is 9.91. The number of carbonyl (C=O) groups excluding carboxylic acids is 3. The Morgan fingerprint density at radius 1 is 1.11 bits per heavy atom. The second-order valence-electron chi connectivity index (χ2n) is 7.87. The SMILES string of the molecule is CC(=O)N1CC(C(=O)NC(CC(=O)O)C(=O)COc2c(F)c(F)cc(F)c2F)Cc2ccccc21. The van der Waals surface area contributed by atoms with Gasteiger partial charge >= 0.3 is 5.97 Å². The molecule has 2 atom stereocenters. The molecule has 1 aliphatic heterocycles. The summed E-state index contributed by atoms with van der Waals surface area (Å²) in [7, 11) is 0. The van der Waals surface area contributed by atoms with Crippen molar-refractivity contribution < 1.29 is 46.6 Å². The van der Waals surface area contributed by atoms with E-state index < -0.39 is 71.7 Å². The largest absolute Gasteiger partial charge is 0.481 e. The Morgan fingerprint density at radius 2 is 1.74 bits per heavy atom. The molecule has 0 radical (unpaired) electrons. The molecule has 1 heterocycles. The monoisotopic (exact) mass is 496 g/mol. The summed E-state index contributed by atoms with van der Waals surface area (Å²) in [4.78, 5) is 50.1. The van der Waals surface area contributed by atoms with E-state index in [1.54, 1.807) is 24.3 Å². The smallest absolute Gasteiger partial charge is 0.305 e. The Labute approximate surface area is 196 Å². The first-order valence-corrected chi connectivity index (χ1v) is 10.4. The Kier molecular flexibility index (Phi) is 7.72. The molecule has 1 aliphatic rings. The minimum atomic E-state index is -1.87. The second-order valence-corrected chi connectivity index (χ2v) is 7.87. The molecule has 0 saturated carbocycles. The summed E-state index contributed by atoms with van der Waals surface area (Å²) >= 11 is 0. The number of hydrogen-bond donors (Lipinski definition) is 2. The van der Waals surface area contributed by atoms with Crippen molar-refractivity contribution >= 4 is 29.3 Å². The molecule has 0 spiro atoms. The molecule has 2 aromatic rings. The van der Waals surface area contributed by atoms with Gasteiger partial charge in [0.15, 0.2) is 23.2 Å². The van der Waals surface area contributed by atoms with Crippen molar-refractivity contribution in [3.05, 3.63) is 59.2 Å². The van der Waals surface area contributed by atoms with E-state index >= 15 is 0 Å². The summed E-state index contributed by atoms with van der Waals surface area (Å²) in [6, 6.07) is 5.17. The van der Waals surface area contributed by atoms with Gasteiger partial charge in [-0.15, -0.1) is 0 Å². The molecule has 3 rings (SSSR count). The van der Waals surface area contributed by atoms with E-state index in [0.717, 1.165) is 0 Å². The molecule has 0 aliphatic carbocycles. The van der Waals surface area contributed by atoms with Crippen molar-refractivity contribution in [2.75, 3.05) is 18.1 Å². The zero-order valence-electron chi connectivity index (χ0n) is 18.3. The number of aliphatic carboxylic acids is 1. The predicted molar refractivity (Wildman–Crippen MR) is 113 cm³/mol. The average molecular weight is 496 g/mol. The maximum atomic E-state index is 13.8. The Bertz CT molecular complexity index is 1160. The van der Waals surface area contributed by atoms with Gasteiger partial charge in [-0.2, -0.15) is 8.78 Å². The maximum Gasteiger partial charge on any atom is 0.305 e. The van der Waals surface area contributed by atoms with E-state index in [1.165, 1.54) is 11.8 Å². The lowest BCUT2D eigenvalue weighted by Gasteiger charge is -2.34. The zero-order valence-corrected chi connectivity index (χ0v) is 18.3. The maximum absolute atomic E-state index is 13.8. The lowest BCUT2D eigenvalue weighted by Crippen LogP contribution is -2.50. The number of nitrogens with one attached hydrogen (secondary N) is 1. The Hall–Kier alpha value is -3.96. The van der Waals surface area contributed by atoms with Crippen LogP contribution in [0.4, 0.5) is 23.2 Å². The van der Waals surface area contributed by atoms with E-state index in [4.69, 9.17) is 5.11 Å². The van der Waals surface area contributed by atoms with Crippen LogP contribution in [0.2, 0.25) is 0 Å². The Balaban J connectivity index is 1.74. The van der Waals surface area contributed by atoms with Crippen LogP contribution in [0.1, 0.15) is 18.9 Å². The number of nitrogens with zero attached hydrogens (tertiary/aromatic N) is 1. The van der Waals surface area contributed by atoms with Crippen LogP contribution in [-0.2, 0) is 25.6 Å². The molecule has 0 saturated heterocycles. The van der Waals surface area contributed by atoms with Crippen LogP contribution in [-0.4, -0.2) is 47.9 Å². The van der Waals surface area contributed by atoms with E-state index in [2.05, 4.69) is 10.1 Å². The standard InChI is InChI=1S/C23H20F4N2O6/c1-11(30)29-9-13(6-12-4-2-3-5-17(12)29)23(34)28-16(8-19(32)33)18(31)10-35-22-20(26)14(24)7-15(25)21(22)27/h2-5,7,13,16H,6,8-10H2,1H3,(H,28,34)(H,32,33). The second kappa shape index (κ2) is 10.5. The highest BCUT2D eigenvalue weighted by Crippen LogP contribution is 2.30. The molecular formula is C23H20F4N2O6. The summed E-state index contributed by atoms with van der Waals surface area (Å²) < 4.78 is 58.8.